The number of amides is 1. The van der Waals surface area contributed by atoms with E-state index in [4.69, 9.17) is 9.84 Å². The number of ether oxygens (including phenoxy) is 1. The van der Waals surface area contributed by atoms with Crippen molar-refractivity contribution < 1.29 is 23.4 Å². The molecule has 2 heterocycles. The van der Waals surface area contributed by atoms with Crippen molar-refractivity contribution in [3.8, 4) is 16.3 Å². The van der Waals surface area contributed by atoms with Crippen molar-refractivity contribution in [1.82, 2.24) is 9.97 Å². The molecular formula is C17H13F2N3O3S. The predicted molar refractivity (Wildman–Crippen MR) is 92.2 cm³/mol. The Balaban J connectivity index is 1.81. The summed E-state index contributed by atoms with van der Waals surface area (Å²) in [5, 5.41) is 12.9. The van der Waals surface area contributed by atoms with E-state index in [0.717, 1.165) is 23.5 Å². The highest BCUT2D eigenvalue weighted by molar-refractivity contribution is 7.13. The van der Waals surface area contributed by atoms with Gasteiger partial charge in [-0.05, 0) is 12.1 Å². The van der Waals surface area contributed by atoms with E-state index in [9.17, 15) is 13.6 Å². The lowest BCUT2D eigenvalue weighted by Gasteiger charge is -2.10. The lowest BCUT2D eigenvalue weighted by atomic mass is 10.2. The van der Waals surface area contributed by atoms with Gasteiger partial charge in [0.25, 0.3) is 5.91 Å². The summed E-state index contributed by atoms with van der Waals surface area (Å²) >= 11 is 0.956. The molecule has 26 heavy (non-hydrogen) atoms. The zero-order valence-electron chi connectivity index (χ0n) is 13.3. The van der Waals surface area contributed by atoms with Gasteiger partial charge in [-0.25, -0.2) is 13.8 Å². The molecule has 3 aromatic rings. The largest absolute Gasteiger partial charge is 0.489 e. The number of pyridine rings is 1. The lowest BCUT2D eigenvalue weighted by Crippen LogP contribution is -2.14. The van der Waals surface area contributed by atoms with E-state index in [2.05, 4.69) is 15.3 Å². The summed E-state index contributed by atoms with van der Waals surface area (Å²) in [4.78, 5) is 20.3. The summed E-state index contributed by atoms with van der Waals surface area (Å²) in [6.07, 6.45) is 2.86. The first-order valence-electron chi connectivity index (χ1n) is 7.49. The maximum Gasteiger partial charge on any atom is 0.275 e. The maximum absolute atomic E-state index is 13.8. The summed E-state index contributed by atoms with van der Waals surface area (Å²) in [5.74, 6) is -1.75. The summed E-state index contributed by atoms with van der Waals surface area (Å²) in [7, 11) is 0. The molecule has 6 nitrogen and oxygen atoms in total. The highest BCUT2D eigenvalue weighted by Gasteiger charge is 2.18. The van der Waals surface area contributed by atoms with Gasteiger partial charge in [0.05, 0.1) is 18.4 Å². The van der Waals surface area contributed by atoms with Gasteiger partial charge in [-0.3, -0.25) is 9.78 Å². The Morgan fingerprint density at radius 1 is 1.27 bits per heavy atom. The van der Waals surface area contributed by atoms with Crippen LogP contribution in [0.5, 0.6) is 5.75 Å². The van der Waals surface area contributed by atoms with E-state index in [-0.39, 0.29) is 35.2 Å². The topological polar surface area (TPSA) is 84.3 Å². The Morgan fingerprint density at radius 3 is 2.77 bits per heavy atom. The second-order valence-corrected chi connectivity index (χ2v) is 5.89. The number of rotatable bonds is 6. The number of hydrogen-bond donors (Lipinski definition) is 2. The van der Waals surface area contributed by atoms with Crippen LogP contribution in [0, 0.1) is 11.6 Å². The molecule has 1 aromatic carbocycles. The quantitative estimate of drug-likeness (QED) is 0.690. The maximum atomic E-state index is 13.8. The molecule has 0 aliphatic carbocycles. The number of aliphatic hydroxyl groups excluding tert-OH is 1. The van der Waals surface area contributed by atoms with E-state index < -0.39 is 17.5 Å². The highest BCUT2D eigenvalue weighted by atomic mass is 32.1. The smallest absolute Gasteiger partial charge is 0.275 e. The minimum Gasteiger partial charge on any atom is -0.489 e. The number of hydrogen-bond acceptors (Lipinski definition) is 6. The number of anilines is 1. The van der Waals surface area contributed by atoms with Crippen molar-refractivity contribution in [2.75, 3.05) is 18.5 Å². The molecule has 0 unspecified atom stereocenters. The van der Waals surface area contributed by atoms with E-state index >= 15 is 0 Å². The molecule has 0 bridgehead atoms. The summed E-state index contributed by atoms with van der Waals surface area (Å²) in [6.45, 7) is -0.125. The first kappa shape index (κ1) is 17.9. The molecule has 0 saturated carbocycles. The molecule has 0 spiro atoms. The molecule has 2 N–H and O–H groups in total. The van der Waals surface area contributed by atoms with Crippen molar-refractivity contribution >= 4 is 22.9 Å². The second-order valence-electron chi connectivity index (χ2n) is 5.03. The predicted octanol–water partition coefficient (Wildman–Crippen LogP) is 3.11. The standard InChI is InChI=1S/C17H13F2N3O3S/c18-10-2-1-3-11(19)15(10)17-22-13(9-26-17)16(24)21-12-8-20-5-4-14(12)25-7-6-23/h1-5,8-9,23H,6-7H2,(H,21,24). The van der Waals surface area contributed by atoms with E-state index in [1.54, 1.807) is 0 Å². The zero-order valence-corrected chi connectivity index (χ0v) is 14.1. The van der Waals surface area contributed by atoms with Crippen LogP contribution in [0.3, 0.4) is 0 Å². The van der Waals surface area contributed by atoms with Crippen molar-refractivity contribution in [1.29, 1.82) is 0 Å². The normalized spacial score (nSPS) is 10.6. The summed E-state index contributed by atoms with van der Waals surface area (Å²) in [6, 6.07) is 5.04. The van der Waals surface area contributed by atoms with Crippen LogP contribution in [0.15, 0.2) is 42.0 Å². The molecule has 1 amide bonds. The second kappa shape index (κ2) is 7.98. The molecule has 0 fully saturated rings. The van der Waals surface area contributed by atoms with E-state index in [0.29, 0.717) is 5.75 Å². The van der Waals surface area contributed by atoms with Gasteiger partial charge >= 0.3 is 0 Å². The van der Waals surface area contributed by atoms with Crippen LogP contribution < -0.4 is 10.1 Å². The Labute approximate surface area is 151 Å². The van der Waals surface area contributed by atoms with Crippen LogP contribution >= 0.6 is 11.3 Å². The Morgan fingerprint density at radius 2 is 2.04 bits per heavy atom. The van der Waals surface area contributed by atoms with Crippen LogP contribution in [-0.2, 0) is 0 Å². The van der Waals surface area contributed by atoms with Gasteiger partial charge in [-0.2, -0.15) is 0 Å². The summed E-state index contributed by atoms with van der Waals surface area (Å²) in [5.41, 5.74) is 0.0204. The van der Waals surface area contributed by atoms with Crippen molar-refractivity contribution in [3.05, 3.63) is 59.4 Å². The molecule has 9 heteroatoms. The van der Waals surface area contributed by atoms with Crippen LogP contribution in [0.2, 0.25) is 0 Å². The lowest BCUT2D eigenvalue weighted by molar-refractivity contribution is 0.102. The van der Waals surface area contributed by atoms with Crippen LogP contribution in [0.4, 0.5) is 14.5 Å². The molecule has 0 radical (unpaired) electrons. The molecule has 0 saturated heterocycles. The third kappa shape index (κ3) is 3.84. The van der Waals surface area contributed by atoms with Gasteiger partial charge in [0.15, 0.2) is 0 Å². The van der Waals surface area contributed by atoms with Gasteiger partial charge in [0.1, 0.15) is 40.4 Å². The zero-order chi connectivity index (χ0) is 18.5. The number of nitrogens with zero attached hydrogens (tertiary/aromatic N) is 2. The van der Waals surface area contributed by atoms with Crippen molar-refractivity contribution in [2.45, 2.75) is 0 Å². The van der Waals surface area contributed by atoms with Crippen LogP contribution in [-0.4, -0.2) is 34.2 Å². The molecule has 3 rings (SSSR count). The average molecular weight is 377 g/mol. The monoisotopic (exact) mass is 377 g/mol. The molecule has 0 aliphatic heterocycles. The molecule has 2 aromatic heterocycles. The van der Waals surface area contributed by atoms with Gasteiger partial charge in [-0.1, -0.05) is 6.07 Å². The number of carbonyl (C=O) groups excluding carboxylic acids is 1. The Kier molecular flexibility index (Phi) is 5.49. The Hall–Kier alpha value is -2.91. The van der Waals surface area contributed by atoms with Gasteiger partial charge in [0.2, 0.25) is 0 Å². The number of aromatic nitrogens is 2. The van der Waals surface area contributed by atoms with E-state index in [1.165, 1.54) is 29.9 Å². The Bertz CT molecular complexity index is 913. The van der Waals surface area contributed by atoms with E-state index in [1.807, 2.05) is 0 Å². The SMILES string of the molecule is O=C(Nc1cnccc1OCCO)c1csc(-c2c(F)cccc2F)n1. The fraction of sp³-hybridized carbons (Fsp3) is 0.118. The third-order valence-corrected chi connectivity index (χ3v) is 4.15. The number of thiazole rings is 1. The summed E-state index contributed by atoms with van der Waals surface area (Å²) < 4.78 is 33.0. The van der Waals surface area contributed by atoms with Crippen molar-refractivity contribution in [3.63, 3.8) is 0 Å². The van der Waals surface area contributed by atoms with Gasteiger partial charge in [0, 0.05) is 17.6 Å². The molecule has 134 valence electrons. The molecular weight excluding hydrogens is 364 g/mol. The number of aliphatic hydroxyl groups is 1. The molecule has 0 aliphatic rings. The first-order chi connectivity index (χ1) is 12.6. The highest BCUT2D eigenvalue weighted by Crippen LogP contribution is 2.29. The number of nitrogens with one attached hydrogen (secondary N) is 1. The first-order valence-corrected chi connectivity index (χ1v) is 8.37. The van der Waals surface area contributed by atoms with Gasteiger partial charge in [-0.15, -0.1) is 11.3 Å². The minimum absolute atomic E-state index is 0.00427. The van der Waals surface area contributed by atoms with Gasteiger partial charge < -0.3 is 15.2 Å². The number of benzene rings is 1. The average Bonchev–Trinajstić information content (AvgIpc) is 3.10. The van der Waals surface area contributed by atoms with Crippen molar-refractivity contribution in [2.24, 2.45) is 0 Å². The number of carbonyl (C=O) groups is 1. The molecule has 0 atom stereocenters. The van der Waals surface area contributed by atoms with Crippen LogP contribution in [0.25, 0.3) is 10.6 Å². The minimum atomic E-state index is -0.752. The van der Waals surface area contributed by atoms with Crippen LogP contribution in [0.1, 0.15) is 10.5 Å². The fourth-order valence-electron chi connectivity index (χ4n) is 2.14. The third-order valence-electron chi connectivity index (χ3n) is 3.29. The number of halogens is 2. The fourth-order valence-corrected chi connectivity index (χ4v) is 2.99.